The molecule has 3 aromatic heterocycles. The van der Waals surface area contributed by atoms with Crippen LogP contribution in [0.5, 0.6) is 5.88 Å². The molecule has 2 aliphatic heterocycles. The summed E-state index contributed by atoms with van der Waals surface area (Å²) in [5.41, 5.74) is 1.65. The second kappa shape index (κ2) is 11.2. The van der Waals surface area contributed by atoms with E-state index in [0.717, 1.165) is 61.6 Å². The van der Waals surface area contributed by atoms with Gasteiger partial charge in [-0.05, 0) is 64.6 Å². The van der Waals surface area contributed by atoms with Gasteiger partial charge in [-0.1, -0.05) is 6.07 Å². The zero-order chi connectivity index (χ0) is 25.9. The first-order chi connectivity index (χ1) is 18.7. The molecule has 0 aromatic carbocycles. The fourth-order valence-corrected chi connectivity index (χ4v) is 6.37. The summed E-state index contributed by atoms with van der Waals surface area (Å²) in [6.45, 7) is 8.53. The number of rotatable bonds is 7. The molecule has 6 rings (SSSR count). The minimum Gasteiger partial charge on any atom is -0.478 e. The van der Waals surface area contributed by atoms with Crippen molar-refractivity contribution in [3.05, 3.63) is 36.4 Å². The Balaban J connectivity index is 1.07. The molecule has 3 fully saturated rings. The SMILES string of the molecule is CCOc1cccc(Cn2ncc3c(N4CCN(C(=O)C5CCC(N6CCCC6)CC5)CC4)ncnc32)n1. The topological polar surface area (TPSA) is 92.5 Å². The van der Waals surface area contributed by atoms with Crippen molar-refractivity contribution in [1.29, 1.82) is 0 Å². The lowest BCUT2D eigenvalue weighted by Crippen LogP contribution is -2.51. The van der Waals surface area contributed by atoms with Gasteiger partial charge in [0, 0.05) is 44.2 Å². The molecular formula is C28H38N8O2. The molecule has 0 bridgehead atoms. The zero-order valence-corrected chi connectivity index (χ0v) is 22.3. The maximum Gasteiger partial charge on any atom is 0.225 e. The lowest BCUT2D eigenvalue weighted by molar-refractivity contribution is -0.137. The lowest BCUT2D eigenvalue weighted by Gasteiger charge is -2.39. The first-order valence-corrected chi connectivity index (χ1v) is 14.2. The van der Waals surface area contributed by atoms with Crippen LogP contribution in [0.2, 0.25) is 0 Å². The summed E-state index contributed by atoms with van der Waals surface area (Å²) in [7, 11) is 0. The van der Waals surface area contributed by atoms with Crippen LogP contribution in [0.25, 0.3) is 11.0 Å². The lowest BCUT2D eigenvalue weighted by atomic mass is 9.84. The van der Waals surface area contributed by atoms with Gasteiger partial charge in [0.2, 0.25) is 11.8 Å². The monoisotopic (exact) mass is 518 g/mol. The molecule has 3 aliphatic rings. The number of pyridine rings is 1. The molecule has 10 heteroatoms. The first-order valence-electron chi connectivity index (χ1n) is 14.2. The fourth-order valence-electron chi connectivity index (χ4n) is 6.37. The molecular weight excluding hydrogens is 480 g/mol. The number of hydrogen-bond acceptors (Lipinski definition) is 8. The van der Waals surface area contributed by atoms with Gasteiger partial charge in [0.15, 0.2) is 5.65 Å². The Morgan fingerprint density at radius 1 is 1.00 bits per heavy atom. The maximum atomic E-state index is 13.3. The number of likely N-dealkylation sites (tertiary alicyclic amines) is 1. The molecule has 1 aliphatic carbocycles. The van der Waals surface area contributed by atoms with Gasteiger partial charge in [0.1, 0.15) is 12.1 Å². The number of ether oxygens (including phenoxy) is 1. The molecule has 10 nitrogen and oxygen atoms in total. The molecule has 202 valence electrons. The van der Waals surface area contributed by atoms with Crippen LogP contribution in [0.1, 0.15) is 51.1 Å². The molecule has 3 aromatic rings. The van der Waals surface area contributed by atoms with Crippen molar-refractivity contribution in [3.8, 4) is 5.88 Å². The second-order valence-corrected chi connectivity index (χ2v) is 10.7. The summed E-state index contributed by atoms with van der Waals surface area (Å²) in [6.07, 6.45) is 10.5. The molecule has 1 saturated carbocycles. The predicted octanol–water partition coefficient (Wildman–Crippen LogP) is 2.97. The minimum absolute atomic E-state index is 0.194. The maximum absolute atomic E-state index is 13.3. The molecule has 0 unspecified atom stereocenters. The van der Waals surface area contributed by atoms with Crippen molar-refractivity contribution < 1.29 is 9.53 Å². The number of nitrogens with zero attached hydrogens (tertiary/aromatic N) is 8. The van der Waals surface area contributed by atoms with Crippen LogP contribution in [0.15, 0.2) is 30.7 Å². The van der Waals surface area contributed by atoms with Crippen LogP contribution < -0.4 is 9.64 Å². The Morgan fingerprint density at radius 3 is 2.55 bits per heavy atom. The number of hydrogen-bond donors (Lipinski definition) is 0. The summed E-state index contributed by atoms with van der Waals surface area (Å²) in [6, 6.07) is 6.47. The van der Waals surface area contributed by atoms with Crippen molar-refractivity contribution >= 4 is 22.8 Å². The van der Waals surface area contributed by atoms with Crippen LogP contribution in [0.4, 0.5) is 5.82 Å². The van der Waals surface area contributed by atoms with E-state index >= 15 is 0 Å². The van der Waals surface area contributed by atoms with E-state index in [2.05, 4.69) is 34.8 Å². The van der Waals surface area contributed by atoms with Crippen molar-refractivity contribution in [2.45, 2.75) is 58.0 Å². The van der Waals surface area contributed by atoms with Gasteiger partial charge in [0.25, 0.3) is 0 Å². The quantitative estimate of drug-likeness (QED) is 0.471. The van der Waals surface area contributed by atoms with Crippen LogP contribution >= 0.6 is 0 Å². The molecule has 0 atom stereocenters. The summed E-state index contributed by atoms with van der Waals surface area (Å²) in [5.74, 6) is 2.05. The number of carbonyl (C=O) groups is 1. The smallest absolute Gasteiger partial charge is 0.225 e. The summed E-state index contributed by atoms with van der Waals surface area (Å²) >= 11 is 0. The van der Waals surface area contributed by atoms with Gasteiger partial charge in [-0.2, -0.15) is 5.10 Å². The van der Waals surface area contributed by atoms with Gasteiger partial charge in [-0.15, -0.1) is 0 Å². The Morgan fingerprint density at radius 2 is 1.79 bits per heavy atom. The Kier molecular flexibility index (Phi) is 7.40. The van der Waals surface area contributed by atoms with Crippen LogP contribution in [0, 0.1) is 5.92 Å². The largest absolute Gasteiger partial charge is 0.478 e. The van der Waals surface area contributed by atoms with Crippen molar-refractivity contribution in [3.63, 3.8) is 0 Å². The van der Waals surface area contributed by atoms with Crippen LogP contribution in [-0.2, 0) is 11.3 Å². The van der Waals surface area contributed by atoms with Crippen LogP contribution in [0.3, 0.4) is 0 Å². The first kappa shape index (κ1) is 25.0. The van der Waals surface area contributed by atoms with Gasteiger partial charge in [-0.25, -0.2) is 19.6 Å². The average Bonchev–Trinajstić information content (AvgIpc) is 3.64. The van der Waals surface area contributed by atoms with Crippen LogP contribution in [-0.4, -0.2) is 92.4 Å². The normalized spacial score (nSPS) is 22.8. The average molecular weight is 519 g/mol. The van der Waals surface area contributed by atoms with E-state index in [1.54, 1.807) is 6.33 Å². The van der Waals surface area contributed by atoms with E-state index < -0.39 is 0 Å². The van der Waals surface area contributed by atoms with Gasteiger partial charge >= 0.3 is 0 Å². The van der Waals surface area contributed by atoms with Gasteiger partial charge in [-0.3, -0.25) is 4.79 Å². The Labute approximate surface area is 224 Å². The number of piperazine rings is 1. The van der Waals surface area contributed by atoms with E-state index in [1.165, 1.54) is 38.8 Å². The molecule has 38 heavy (non-hydrogen) atoms. The van der Waals surface area contributed by atoms with Crippen molar-refractivity contribution in [2.75, 3.05) is 50.8 Å². The highest BCUT2D eigenvalue weighted by atomic mass is 16.5. The predicted molar refractivity (Wildman–Crippen MR) is 145 cm³/mol. The molecule has 1 amide bonds. The van der Waals surface area contributed by atoms with Gasteiger partial charge < -0.3 is 19.4 Å². The molecule has 2 saturated heterocycles. The summed E-state index contributed by atoms with van der Waals surface area (Å²) in [5, 5.41) is 5.52. The Bertz CT molecular complexity index is 1240. The number of amides is 1. The number of aromatic nitrogens is 5. The zero-order valence-electron chi connectivity index (χ0n) is 22.3. The summed E-state index contributed by atoms with van der Waals surface area (Å²) < 4.78 is 7.40. The minimum atomic E-state index is 0.194. The highest BCUT2D eigenvalue weighted by molar-refractivity contribution is 5.87. The number of carbonyl (C=O) groups excluding carboxylic acids is 1. The third-order valence-electron chi connectivity index (χ3n) is 8.39. The van der Waals surface area contributed by atoms with E-state index in [1.807, 2.05) is 36.0 Å². The van der Waals surface area contributed by atoms with Gasteiger partial charge in [0.05, 0.1) is 30.4 Å². The highest BCUT2D eigenvalue weighted by Gasteiger charge is 2.34. The third-order valence-corrected chi connectivity index (χ3v) is 8.39. The standard InChI is InChI=1S/C28H38N8O2/c1-2-38-25-7-5-6-22(32-25)19-36-27-24(18-31-36)26(29-20-30-27)34-14-16-35(17-15-34)28(37)21-8-10-23(11-9-21)33-12-3-4-13-33/h5-7,18,20-21,23H,2-4,8-17,19H2,1H3. The molecule has 0 radical (unpaired) electrons. The Hall–Kier alpha value is -3.27. The highest BCUT2D eigenvalue weighted by Crippen LogP contribution is 2.31. The van der Waals surface area contributed by atoms with Crippen molar-refractivity contribution in [1.82, 2.24) is 34.5 Å². The van der Waals surface area contributed by atoms with E-state index in [0.29, 0.717) is 31.0 Å². The van der Waals surface area contributed by atoms with Crippen molar-refractivity contribution in [2.24, 2.45) is 5.92 Å². The van der Waals surface area contributed by atoms with E-state index in [4.69, 9.17) is 4.74 Å². The molecule has 0 N–H and O–H groups in total. The summed E-state index contributed by atoms with van der Waals surface area (Å²) in [4.78, 5) is 34.0. The van der Waals surface area contributed by atoms with E-state index in [9.17, 15) is 4.79 Å². The number of fused-ring (bicyclic) bond motifs is 1. The molecule has 5 heterocycles. The molecule has 0 spiro atoms. The fraction of sp³-hybridized carbons (Fsp3) is 0.607. The third kappa shape index (κ3) is 5.18. The second-order valence-electron chi connectivity index (χ2n) is 10.7. The number of anilines is 1. The van der Waals surface area contributed by atoms with E-state index in [-0.39, 0.29) is 5.92 Å².